The number of phenolic OH excluding ortho intramolecular Hbond substituents is 1. The number of rotatable bonds is 5. The first kappa shape index (κ1) is 13.5. The number of aryl methyl sites for hydroxylation is 1. The second-order valence-corrected chi connectivity index (χ2v) is 4.09. The number of benzene rings is 1. The third kappa shape index (κ3) is 3.75. The molecule has 4 nitrogen and oxygen atoms in total. The monoisotopic (exact) mass is 237 g/mol. The van der Waals surface area contributed by atoms with Crippen LogP contribution in [0.25, 0.3) is 0 Å². The van der Waals surface area contributed by atoms with Gasteiger partial charge in [0, 0.05) is 18.2 Å². The van der Waals surface area contributed by atoms with E-state index in [0.29, 0.717) is 12.0 Å². The number of carbonyl (C=O) groups is 1. The van der Waals surface area contributed by atoms with Crippen molar-refractivity contribution in [1.82, 2.24) is 5.32 Å². The van der Waals surface area contributed by atoms with Crippen LogP contribution in [-0.4, -0.2) is 28.8 Å². The van der Waals surface area contributed by atoms with Gasteiger partial charge in [-0.15, -0.1) is 0 Å². The Labute approximate surface area is 101 Å². The lowest BCUT2D eigenvalue weighted by Crippen LogP contribution is -2.35. The molecule has 0 fully saturated rings. The molecule has 0 aliphatic rings. The molecule has 0 bridgehead atoms. The predicted molar refractivity (Wildman–Crippen MR) is 66.1 cm³/mol. The summed E-state index contributed by atoms with van der Waals surface area (Å²) in [6.07, 6.45) is 1.31. The first-order chi connectivity index (χ1) is 8.08. The van der Waals surface area contributed by atoms with Gasteiger partial charge in [0.25, 0.3) is 5.91 Å². The summed E-state index contributed by atoms with van der Waals surface area (Å²) >= 11 is 0. The average Bonchev–Trinajstić information content (AvgIpc) is 2.31. The number of hydrogen-bond acceptors (Lipinski definition) is 3. The molecule has 94 valence electrons. The minimum Gasteiger partial charge on any atom is -0.508 e. The minimum atomic E-state index is -0.222. The lowest BCUT2D eigenvalue weighted by Gasteiger charge is -2.15. The highest BCUT2D eigenvalue weighted by molar-refractivity contribution is 5.94. The van der Waals surface area contributed by atoms with Crippen molar-refractivity contribution >= 4 is 5.91 Å². The van der Waals surface area contributed by atoms with Crippen molar-refractivity contribution in [2.24, 2.45) is 0 Å². The normalized spacial score (nSPS) is 12.2. The molecule has 1 amide bonds. The van der Waals surface area contributed by atoms with E-state index in [4.69, 9.17) is 5.11 Å². The summed E-state index contributed by atoms with van der Waals surface area (Å²) in [4.78, 5) is 11.8. The molecule has 17 heavy (non-hydrogen) atoms. The number of aliphatic hydroxyl groups is 1. The number of hydrogen-bond donors (Lipinski definition) is 3. The van der Waals surface area contributed by atoms with Gasteiger partial charge in [0.2, 0.25) is 0 Å². The maximum atomic E-state index is 11.8. The number of nitrogens with one attached hydrogen (secondary N) is 1. The second-order valence-electron chi connectivity index (χ2n) is 4.09. The standard InChI is InChI=1S/C13H19NO3/c1-3-11(6-7-15)14-13(17)10-5-4-9(2)12(16)8-10/h4-5,8,11,15-16H,3,6-7H2,1-2H3,(H,14,17). The van der Waals surface area contributed by atoms with Crippen molar-refractivity contribution in [1.29, 1.82) is 0 Å². The quantitative estimate of drug-likeness (QED) is 0.728. The van der Waals surface area contributed by atoms with Crippen molar-refractivity contribution in [2.45, 2.75) is 32.7 Å². The van der Waals surface area contributed by atoms with Gasteiger partial charge in [-0.3, -0.25) is 4.79 Å². The van der Waals surface area contributed by atoms with Gasteiger partial charge in [0.15, 0.2) is 0 Å². The van der Waals surface area contributed by atoms with E-state index in [9.17, 15) is 9.90 Å². The molecule has 0 saturated heterocycles. The third-order valence-corrected chi connectivity index (χ3v) is 2.78. The summed E-state index contributed by atoms with van der Waals surface area (Å²) < 4.78 is 0. The largest absolute Gasteiger partial charge is 0.508 e. The SMILES string of the molecule is CCC(CCO)NC(=O)c1ccc(C)c(O)c1. The first-order valence-electron chi connectivity index (χ1n) is 5.79. The Bertz CT molecular complexity index is 390. The lowest BCUT2D eigenvalue weighted by atomic mass is 10.1. The highest BCUT2D eigenvalue weighted by atomic mass is 16.3. The Morgan fingerprint density at radius 3 is 2.71 bits per heavy atom. The van der Waals surface area contributed by atoms with Crippen LogP contribution >= 0.6 is 0 Å². The van der Waals surface area contributed by atoms with Crippen molar-refractivity contribution < 1.29 is 15.0 Å². The van der Waals surface area contributed by atoms with Crippen LogP contribution in [0.2, 0.25) is 0 Å². The number of aliphatic hydroxyl groups excluding tert-OH is 1. The zero-order chi connectivity index (χ0) is 12.8. The van der Waals surface area contributed by atoms with Crippen LogP contribution in [0, 0.1) is 6.92 Å². The zero-order valence-corrected chi connectivity index (χ0v) is 10.2. The molecule has 1 rings (SSSR count). The average molecular weight is 237 g/mol. The van der Waals surface area contributed by atoms with Crippen LogP contribution in [0.5, 0.6) is 5.75 Å². The lowest BCUT2D eigenvalue weighted by molar-refractivity contribution is 0.0928. The molecule has 3 N–H and O–H groups in total. The predicted octanol–water partition coefficient (Wildman–Crippen LogP) is 1.59. The molecule has 1 aromatic rings. The van der Waals surface area contributed by atoms with E-state index in [1.165, 1.54) is 6.07 Å². The van der Waals surface area contributed by atoms with Gasteiger partial charge in [0.1, 0.15) is 5.75 Å². The van der Waals surface area contributed by atoms with E-state index >= 15 is 0 Å². The molecular formula is C13H19NO3. The fourth-order valence-corrected chi connectivity index (χ4v) is 1.55. The molecule has 0 heterocycles. The number of aromatic hydroxyl groups is 1. The second kappa shape index (κ2) is 6.25. The van der Waals surface area contributed by atoms with Gasteiger partial charge in [-0.1, -0.05) is 13.0 Å². The highest BCUT2D eigenvalue weighted by Gasteiger charge is 2.12. The summed E-state index contributed by atoms with van der Waals surface area (Å²) in [5.74, 6) is -0.103. The number of amides is 1. The van der Waals surface area contributed by atoms with Crippen LogP contribution in [0.1, 0.15) is 35.7 Å². The number of phenols is 1. The van der Waals surface area contributed by atoms with Gasteiger partial charge >= 0.3 is 0 Å². The van der Waals surface area contributed by atoms with E-state index < -0.39 is 0 Å². The van der Waals surface area contributed by atoms with Gasteiger partial charge in [-0.05, 0) is 37.5 Å². The molecule has 0 aromatic heterocycles. The molecule has 1 unspecified atom stereocenters. The van der Waals surface area contributed by atoms with Gasteiger partial charge in [0.05, 0.1) is 0 Å². The molecule has 4 heteroatoms. The van der Waals surface area contributed by atoms with Gasteiger partial charge in [-0.25, -0.2) is 0 Å². The maximum absolute atomic E-state index is 11.8. The molecule has 0 aliphatic heterocycles. The van der Waals surface area contributed by atoms with Crippen molar-refractivity contribution in [2.75, 3.05) is 6.61 Å². The van der Waals surface area contributed by atoms with E-state index in [0.717, 1.165) is 12.0 Å². The molecule has 1 aromatic carbocycles. The van der Waals surface area contributed by atoms with Crippen molar-refractivity contribution in [3.05, 3.63) is 29.3 Å². The molecule has 0 aliphatic carbocycles. The van der Waals surface area contributed by atoms with Crippen LogP contribution in [0.4, 0.5) is 0 Å². The Balaban J connectivity index is 2.72. The fraction of sp³-hybridized carbons (Fsp3) is 0.462. The summed E-state index contributed by atoms with van der Waals surface area (Å²) in [6, 6.07) is 4.81. The summed E-state index contributed by atoms with van der Waals surface area (Å²) in [5, 5.41) is 21.2. The maximum Gasteiger partial charge on any atom is 0.251 e. The van der Waals surface area contributed by atoms with E-state index in [-0.39, 0.29) is 24.3 Å². The molecule has 0 radical (unpaired) electrons. The van der Waals surface area contributed by atoms with Crippen LogP contribution in [-0.2, 0) is 0 Å². The van der Waals surface area contributed by atoms with Crippen LogP contribution in [0.3, 0.4) is 0 Å². The topological polar surface area (TPSA) is 69.6 Å². The number of carbonyl (C=O) groups excluding carboxylic acids is 1. The fourth-order valence-electron chi connectivity index (χ4n) is 1.55. The highest BCUT2D eigenvalue weighted by Crippen LogP contribution is 2.17. The summed E-state index contributed by atoms with van der Waals surface area (Å²) in [7, 11) is 0. The Morgan fingerprint density at radius 1 is 1.47 bits per heavy atom. The van der Waals surface area contributed by atoms with Crippen molar-refractivity contribution in [3.63, 3.8) is 0 Å². The molecular weight excluding hydrogens is 218 g/mol. The summed E-state index contributed by atoms with van der Waals surface area (Å²) in [6.45, 7) is 3.78. The third-order valence-electron chi connectivity index (χ3n) is 2.78. The molecule has 0 spiro atoms. The van der Waals surface area contributed by atoms with E-state index in [1.54, 1.807) is 19.1 Å². The van der Waals surface area contributed by atoms with Crippen LogP contribution in [0.15, 0.2) is 18.2 Å². The molecule has 0 saturated carbocycles. The Kier molecular flexibility index (Phi) is 4.97. The first-order valence-corrected chi connectivity index (χ1v) is 5.79. The Hall–Kier alpha value is -1.55. The molecule has 1 atom stereocenters. The smallest absolute Gasteiger partial charge is 0.251 e. The van der Waals surface area contributed by atoms with Crippen molar-refractivity contribution in [3.8, 4) is 5.75 Å². The van der Waals surface area contributed by atoms with Gasteiger partial charge < -0.3 is 15.5 Å². The van der Waals surface area contributed by atoms with Gasteiger partial charge in [-0.2, -0.15) is 0 Å². The van der Waals surface area contributed by atoms with Crippen LogP contribution < -0.4 is 5.32 Å². The van der Waals surface area contributed by atoms with E-state index in [1.807, 2.05) is 6.92 Å². The zero-order valence-electron chi connectivity index (χ0n) is 10.2. The van der Waals surface area contributed by atoms with E-state index in [2.05, 4.69) is 5.32 Å². The minimum absolute atomic E-state index is 0.0315. The summed E-state index contributed by atoms with van der Waals surface area (Å²) in [5.41, 5.74) is 1.17. The Morgan fingerprint density at radius 2 is 2.18 bits per heavy atom.